The number of oxime groups is 1. The Labute approximate surface area is 477 Å². The largest absolute Gasteiger partial charge is 0.497 e. The van der Waals surface area contributed by atoms with E-state index in [9.17, 15) is 19.2 Å². The summed E-state index contributed by atoms with van der Waals surface area (Å²) >= 11 is 5.58. The second-order valence-corrected chi connectivity index (χ2v) is 22.5. The minimum absolute atomic E-state index is 0.0577. The predicted octanol–water partition coefficient (Wildman–Crippen LogP) is 10.8. The number of rotatable bonds is 21. The van der Waals surface area contributed by atoms with Crippen LogP contribution in [0, 0.1) is 0 Å². The Hall–Kier alpha value is -8.62. The van der Waals surface area contributed by atoms with Gasteiger partial charge in [0.1, 0.15) is 40.7 Å². The van der Waals surface area contributed by atoms with Crippen LogP contribution in [0.4, 0.5) is 5.13 Å². The van der Waals surface area contributed by atoms with Crippen LogP contribution in [-0.4, -0.2) is 86.0 Å². The summed E-state index contributed by atoms with van der Waals surface area (Å²) in [7, 11) is 1.57. The SMILES string of the molecule is COc1ccc(COC(=O)C2=C(CSc3nc4ccncc4s3)CS[C@@H]3C(NC(=O)/C(=N/OCC(=O)OC(c4ccccc4)c4ccccc4)c4csc(NC(c5ccccc5)(c5ccccc5)c5ccccc5)n4)C(=O)N23)cc1. The lowest BCUT2D eigenvalue weighted by Crippen LogP contribution is -2.71. The third kappa shape index (κ3) is 11.6. The maximum absolute atomic E-state index is 14.9. The molecule has 0 spiro atoms. The predicted molar refractivity (Wildman–Crippen MR) is 311 cm³/mol. The molecule has 3 aromatic heterocycles. The van der Waals surface area contributed by atoms with Crippen molar-refractivity contribution in [2.75, 3.05) is 30.5 Å². The highest BCUT2D eigenvalue weighted by molar-refractivity contribution is 8.02. The summed E-state index contributed by atoms with van der Waals surface area (Å²) < 4.78 is 18.9. The van der Waals surface area contributed by atoms with E-state index >= 15 is 0 Å². The molecular weight excluding hydrogens is 1090 g/mol. The number of benzene rings is 6. The van der Waals surface area contributed by atoms with E-state index in [1.54, 1.807) is 49.1 Å². The smallest absolute Gasteiger partial charge is 0.355 e. The molecule has 0 radical (unpaired) electrons. The van der Waals surface area contributed by atoms with E-state index in [4.69, 9.17) is 29.0 Å². The fourth-order valence-electron chi connectivity index (χ4n) is 9.39. The molecule has 1 saturated heterocycles. The number of anilines is 1. The average Bonchev–Trinajstić information content (AvgIpc) is 4.30. The van der Waals surface area contributed by atoms with E-state index in [1.165, 1.54) is 51.1 Å². The monoisotopic (exact) mass is 1140 g/mol. The van der Waals surface area contributed by atoms with Crippen LogP contribution in [0.2, 0.25) is 0 Å². The van der Waals surface area contributed by atoms with Gasteiger partial charge >= 0.3 is 11.9 Å². The van der Waals surface area contributed by atoms with Crippen molar-refractivity contribution >= 4 is 91.0 Å². The van der Waals surface area contributed by atoms with Crippen LogP contribution in [0.3, 0.4) is 0 Å². The second kappa shape index (κ2) is 24.6. The Morgan fingerprint density at radius 1 is 0.787 bits per heavy atom. The summed E-state index contributed by atoms with van der Waals surface area (Å²) in [4.78, 5) is 78.4. The lowest BCUT2D eigenvalue weighted by molar-refractivity contribution is -0.153. The molecule has 0 bridgehead atoms. The van der Waals surface area contributed by atoms with Crippen LogP contribution < -0.4 is 15.4 Å². The number of amides is 2. The lowest BCUT2D eigenvalue weighted by atomic mass is 9.77. The Bertz CT molecular complexity index is 3530. The number of fused-ring (bicyclic) bond motifs is 2. The number of carbonyl (C=O) groups excluding carboxylic acids is 4. The minimum atomic E-state index is -1.10. The molecule has 2 N–H and O–H groups in total. The zero-order valence-electron chi connectivity index (χ0n) is 42.7. The first-order chi connectivity index (χ1) is 39.2. The highest BCUT2D eigenvalue weighted by atomic mass is 32.2. The van der Waals surface area contributed by atoms with Crippen molar-refractivity contribution in [2.45, 2.75) is 34.0 Å². The normalized spacial score (nSPS) is 15.2. The molecule has 19 heteroatoms. The number of aromatic nitrogens is 3. The average molecular weight is 1140 g/mol. The number of thioether (sulfide) groups is 2. The van der Waals surface area contributed by atoms with Gasteiger partial charge in [-0.3, -0.25) is 19.5 Å². The number of pyridine rings is 1. The van der Waals surface area contributed by atoms with Gasteiger partial charge in [-0.05, 0) is 57.2 Å². The third-order valence-electron chi connectivity index (χ3n) is 13.3. The van der Waals surface area contributed by atoms with Crippen molar-refractivity contribution in [1.29, 1.82) is 0 Å². The Morgan fingerprint density at radius 2 is 1.40 bits per heavy atom. The minimum Gasteiger partial charge on any atom is -0.497 e. The second-order valence-electron chi connectivity index (χ2n) is 18.3. The Morgan fingerprint density at radius 3 is 2.00 bits per heavy atom. The molecule has 1 unspecified atom stereocenters. The van der Waals surface area contributed by atoms with Gasteiger partial charge in [0.05, 0.1) is 17.3 Å². The molecule has 2 atom stereocenters. The molecule has 0 saturated carbocycles. The van der Waals surface area contributed by atoms with Gasteiger partial charge in [-0.1, -0.05) is 181 Å². The van der Waals surface area contributed by atoms with Gasteiger partial charge in [0, 0.05) is 29.3 Å². The summed E-state index contributed by atoms with van der Waals surface area (Å²) in [5.74, 6) is -1.43. The number of thiazole rings is 2. The number of hydrogen-bond acceptors (Lipinski definition) is 17. The number of nitrogens with zero attached hydrogens (tertiary/aromatic N) is 5. The van der Waals surface area contributed by atoms with Crippen LogP contribution in [0.25, 0.3) is 10.2 Å². The topological polar surface area (TPSA) is 184 Å². The number of methoxy groups -OCH3 is 1. The highest BCUT2D eigenvalue weighted by Gasteiger charge is 2.55. The van der Waals surface area contributed by atoms with Crippen LogP contribution in [0.5, 0.6) is 5.75 Å². The molecule has 2 aliphatic heterocycles. The fraction of sp³-hybridized carbons (Fsp3) is 0.148. The number of nitrogens with one attached hydrogen (secondary N) is 2. The highest BCUT2D eigenvalue weighted by Crippen LogP contribution is 2.44. The van der Waals surface area contributed by atoms with E-state index < -0.39 is 53.4 Å². The molecule has 400 valence electrons. The summed E-state index contributed by atoms with van der Waals surface area (Å²) in [5.41, 5.74) is 5.44. The number of carbonyl (C=O) groups is 4. The molecule has 15 nitrogen and oxygen atoms in total. The van der Waals surface area contributed by atoms with Gasteiger partial charge in [-0.25, -0.2) is 19.6 Å². The summed E-state index contributed by atoms with van der Waals surface area (Å²) in [6.07, 6.45) is 2.69. The van der Waals surface area contributed by atoms with Crippen LogP contribution in [0.15, 0.2) is 221 Å². The fourth-order valence-corrected chi connectivity index (χ4v) is 13.7. The number of β-lactam (4-membered cyclic amide) rings is 1. The van der Waals surface area contributed by atoms with E-state index in [-0.39, 0.29) is 23.7 Å². The first-order valence-electron chi connectivity index (χ1n) is 25.3. The molecule has 80 heavy (non-hydrogen) atoms. The van der Waals surface area contributed by atoms with Gasteiger partial charge in [0.15, 0.2) is 21.3 Å². The zero-order valence-corrected chi connectivity index (χ0v) is 46.0. The van der Waals surface area contributed by atoms with Gasteiger partial charge < -0.3 is 29.7 Å². The maximum atomic E-state index is 14.9. The standard InChI is InChI=1S/C61H49N7O8S4/c1-73-46-29-27-39(28-30-46)34-74-58(72)53-42(37-79-60-64-47-31-32-62-33-49(47)80-60)36-77-57-52(56(71)68(53)57)65-55(70)51(67-75-35-50(69)76-54(40-17-7-2-8-18-40)41-19-9-3-10-20-41)48-38-78-59(63-48)66-61(43-21-11-4-12-22-43,44-23-13-5-14-24-44)45-25-15-6-16-26-45/h2-33,38,52,54,57H,34-37H2,1H3,(H,63,66)(H,65,70)/b67-51+/t52?,57-/m1/s1. The summed E-state index contributed by atoms with van der Waals surface area (Å²) in [5, 5.41) is 12.3. The van der Waals surface area contributed by atoms with Crippen LogP contribution >= 0.6 is 46.2 Å². The van der Waals surface area contributed by atoms with Gasteiger partial charge in [-0.15, -0.1) is 34.4 Å². The first-order valence-corrected chi connectivity index (χ1v) is 29.0. The molecular formula is C61H49N7O8S4. The quantitative estimate of drug-likeness (QED) is 0.0173. The van der Waals surface area contributed by atoms with Crippen molar-refractivity contribution in [1.82, 2.24) is 25.2 Å². The molecule has 0 aliphatic carbocycles. The van der Waals surface area contributed by atoms with E-state index in [0.29, 0.717) is 28.0 Å². The summed E-state index contributed by atoms with van der Waals surface area (Å²) in [6.45, 7) is -0.727. The molecule has 5 heterocycles. The third-order valence-corrected chi connectivity index (χ3v) is 17.6. The number of ether oxygens (including phenoxy) is 3. The van der Waals surface area contributed by atoms with Crippen LogP contribution in [-0.2, 0) is 45.6 Å². The van der Waals surface area contributed by atoms with Crippen molar-refractivity contribution < 1.29 is 38.2 Å². The van der Waals surface area contributed by atoms with Crippen molar-refractivity contribution in [2.24, 2.45) is 5.16 Å². The molecule has 11 rings (SSSR count). The van der Waals surface area contributed by atoms with Crippen molar-refractivity contribution in [3.63, 3.8) is 0 Å². The Balaban J connectivity index is 0.885. The van der Waals surface area contributed by atoms with Crippen LogP contribution in [0.1, 0.15) is 45.2 Å². The molecule has 1 fully saturated rings. The summed E-state index contributed by atoms with van der Waals surface area (Å²) in [6, 6.07) is 56.5. The maximum Gasteiger partial charge on any atom is 0.355 e. The Kier molecular flexibility index (Phi) is 16.4. The number of esters is 2. The first kappa shape index (κ1) is 53.4. The lowest BCUT2D eigenvalue weighted by Gasteiger charge is -2.49. The molecule has 2 aliphatic rings. The van der Waals surface area contributed by atoms with E-state index in [0.717, 1.165) is 47.9 Å². The van der Waals surface area contributed by atoms with Crippen molar-refractivity contribution in [3.8, 4) is 5.75 Å². The molecule has 9 aromatic rings. The van der Waals surface area contributed by atoms with Gasteiger partial charge in [0.25, 0.3) is 11.8 Å². The van der Waals surface area contributed by atoms with E-state index in [2.05, 4.69) is 20.8 Å². The van der Waals surface area contributed by atoms with Crippen molar-refractivity contribution in [3.05, 3.63) is 250 Å². The molecule has 2 amide bonds. The van der Waals surface area contributed by atoms with Gasteiger partial charge in [0.2, 0.25) is 6.61 Å². The van der Waals surface area contributed by atoms with Gasteiger partial charge in [-0.2, -0.15) is 0 Å². The van der Waals surface area contributed by atoms with E-state index in [1.807, 2.05) is 158 Å². The number of hydrogen-bond donors (Lipinski definition) is 2. The zero-order chi connectivity index (χ0) is 54.8. The molecule has 6 aromatic carbocycles.